The molecular weight excluding hydrogens is 246 g/mol. The Bertz CT molecular complexity index is 403. The van der Waals surface area contributed by atoms with E-state index in [0.29, 0.717) is 11.6 Å². The van der Waals surface area contributed by atoms with Crippen LogP contribution >= 0.6 is 11.8 Å². The summed E-state index contributed by atoms with van der Waals surface area (Å²) in [5, 5.41) is 12.7. The van der Waals surface area contributed by atoms with Crippen molar-refractivity contribution in [2.45, 2.75) is 44.6 Å². The van der Waals surface area contributed by atoms with Crippen LogP contribution in [0.15, 0.2) is 23.1 Å². The van der Waals surface area contributed by atoms with Crippen LogP contribution in [0.25, 0.3) is 0 Å². The van der Waals surface area contributed by atoms with Gasteiger partial charge in [0.25, 0.3) is 0 Å². The zero-order valence-electron chi connectivity index (χ0n) is 11.2. The highest BCUT2D eigenvalue weighted by atomic mass is 32.2. The number of rotatable bonds is 7. The first-order valence-electron chi connectivity index (χ1n) is 6.39. The van der Waals surface area contributed by atoms with E-state index in [-0.39, 0.29) is 0 Å². The molecule has 0 aliphatic carbocycles. The average molecular weight is 267 g/mol. The van der Waals surface area contributed by atoms with Crippen molar-refractivity contribution in [3.8, 4) is 0 Å². The van der Waals surface area contributed by atoms with E-state index in [0.717, 1.165) is 29.2 Å². The van der Waals surface area contributed by atoms with Crippen LogP contribution < -0.4 is 5.32 Å². The Morgan fingerprint density at radius 2 is 2.00 bits per heavy atom. The molecule has 2 N–H and O–H groups in total. The third-order valence-electron chi connectivity index (χ3n) is 2.89. The van der Waals surface area contributed by atoms with Crippen molar-refractivity contribution in [3.63, 3.8) is 0 Å². The SMILES string of the molecule is CCSc1cccc(NC(CC)CC)c1C(=O)O. The molecule has 0 fully saturated rings. The largest absolute Gasteiger partial charge is 0.478 e. The summed E-state index contributed by atoms with van der Waals surface area (Å²) in [4.78, 5) is 12.3. The number of carbonyl (C=O) groups is 1. The summed E-state index contributed by atoms with van der Waals surface area (Å²) < 4.78 is 0. The van der Waals surface area contributed by atoms with E-state index >= 15 is 0 Å². The fraction of sp³-hybridized carbons (Fsp3) is 0.500. The highest BCUT2D eigenvalue weighted by molar-refractivity contribution is 7.99. The second-order valence-electron chi connectivity index (χ2n) is 4.07. The van der Waals surface area contributed by atoms with Gasteiger partial charge in [-0.1, -0.05) is 26.8 Å². The lowest BCUT2D eigenvalue weighted by Crippen LogP contribution is -2.19. The van der Waals surface area contributed by atoms with Crippen molar-refractivity contribution < 1.29 is 9.90 Å². The van der Waals surface area contributed by atoms with E-state index in [1.807, 2.05) is 25.1 Å². The van der Waals surface area contributed by atoms with Gasteiger partial charge in [-0.15, -0.1) is 11.8 Å². The van der Waals surface area contributed by atoms with E-state index in [4.69, 9.17) is 0 Å². The van der Waals surface area contributed by atoms with Crippen LogP contribution in [-0.2, 0) is 0 Å². The van der Waals surface area contributed by atoms with Gasteiger partial charge in [0.05, 0.1) is 11.3 Å². The predicted molar refractivity (Wildman–Crippen MR) is 77.8 cm³/mol. The Hall–Kier alpha value is -1.16. The van der Waals surface area contributed by atoms with Crippen molar-refractivity contribution in [1.82, 2.24) is 0 Å². The molecule has 3 nitrogen and oxygen atoms in total. The van der Waals surface area contributed by atoms with Crippen LogP contribution in [0, 0.1) is 0 Å². The van der Waals surface area contributed by atoms with Gasteiger partial charge >= 0.3 is 5.97 Å². The summed E-state index contributed by atoms with van der Waals surface area (Å²) in [7, 11) is 0. The molecule has 0 bridgehead atoms. The summed E-state index contributed by atoms with van der Waals surface area (Å²) in [6.07, 6.45) is 1.97. The quantitative estimate of drug-likeness (QED) is 0.730. The third-order valence-corrected chi connectivity index (χ3v) is 3.83. The minimum Gasteiger partial charge on any atom is -0.478 e. The van der Waals surface area contributed by atoms with Gasteiger partial charge in [0.2, 0.25) is 0 Å². The second-order valence-corrected chi connectivity index (χ2v) is 5.38. The molecule has 4 heteroatoms. The monoisotopic (exact) mass is 267 g/mol. The number of thioether (sulfide) groups is 1. The second kappa shape index (κ2) is 7.31. The normalized spacial score (nSPS) is 10.7. The fourth-order valence-electron chi connectivity index (χ4n) is 1.86. The Balaban J connectivity index is 3.09. The molecule has 0 aromatic heterocycles. The fourth-order valence-corrected chi connectivity index (χ4v) is 2.69. The van der Waals surface area contributed by atoms with Gasteiger partial charge in [0.1, 0.15) is 0 Å². The van der Waals surface area contributed by atoms with Crippen molar-refractivity contribution in [2.75, 3.05) is 11.1 Å². The molecule has 0 atom stereocenters. The van der Waals surface area contributed by atoms with Gasteiger partial charge in [-0.3, -0.25) is 0 Å². The molecule has 18 heavy (non-hydrogen) atoms. The van der Waals surface area contributed by atoms with Crippen molar-refractivity contribution in [2.24, 2.45) is 0 Å². The van der Waals surface area contributed by atoms with Crippen LogP contribution in [0.2, 0.25) is 0 Å². The molecule has 0 heterocycles. The van der Waals surface area contributed by atoms with Crippen LogP contribution in [0.1, 0.15) is 44.0 Å². The molecule has 0 spiro atoms. The number of hydrogen-bond acceptors (Lipinski definition) is 3. The van der Waals surface area contributed by atoms with E-state index in [1.165, 1.54) is 0 Å². The first-order valence-corrected chi connectivity index (χ1v) is 7.38. The van der Waals surface area contributed by atoms with Gasteiger partial charge in [0.15, 0.2) is 0 Å². The molecular formula is C14H21NO2S. The zero-order valence-corrected chi connectivity index (χ0v) is 12.0. The minimum absolute atomic E-state index is 0.324. The number of hydrogen-bond donors (Lipinski definition) is 2. The topological polar surface area (TPSA) is 49.3 Å². The van der Waals surface area contributed by atoms with Crippen LogP contribution in [-0.4, -0.2) is 22.9 Å². The number of aromatic carboxylic acids is 1. The van der Waals surface area contributed by atoms with Gasteiger partial charge in [-0.25, -0.2) is 4.79 Å². The summed E-state index contributed by atoms with van der Waals surface area (Å²) in [6.45, 7) is 6.23. The summed E-state index contributed by atoms with van der Waals surface area (Å²) in [5.41, 5.74) is 1.13. The average Bonchev–Trinajstić information content (AvgIpc) is 2.36. The molecule has 0 aliphatic heterocycles. The molecule has 0 amide bonds. The number of nitrogens with one attached hydrogen (secondary N) is 1. The Labute approximate surface area is 113 Å². The number of anilines is 1. The lowest BCUT2D eigenvalue weighted by atomic mass is 10.1. The number of carboxylic acids is 1. The summed E-state index contributed by atoms with van der Waals surface area (Å²) in [5.74, 6) is 0.00865. The molecule has 0 radical (unpaired) electrons. The predicted octanol–water partition coefficient (Wildman–Crippen LogP) is 4.10. The van der Waals surface area contributed by atoms with E-state index in [2.05, 4.69) is 19.2 Å². The van der Waals surface area contributed by atoms with Crippen LogP contribution in [0.4, 0.5) is 5.69 Å². The lowest BCUT2D eigenvalue weighted by molar-refractivity contribution is 0.0694. The van der Waals surface area contributed by atoms with Gasteiger partial charge in [-0.05, 0) is 30.7 Å². The zero-order chi connectivity index (χ0) is 13.5. The van der Waals surface area contributed by atoms with Gasteiger partial charge in [0, 0.05) is 10.9 Å². The Kier molecular flexibility index (Phi) is 6.05. The molecule has 0 saturated heterocycles. The summed E-state index contributed by atoms with van der Waals surface area (Å²) in [6, 6.07) is 5.96. The standard InChI is InChI=1S/C14H21NO2S/c1-4-10(5-2)15-11-8-7-9-12(18-6-3)13(11)14(16)17/h7-10,15H,4-6H2,1-3H3,(H,16,17). The van der Waals surface area contributed by atoms with Crippen molar-refractivity contribution in [1.29, 1.82) is 0 Å². The van der Waals surface area contributed by atoms with Gasteiger partial charge in [-0.2, -0.15) is 0 Å². The third kappa shape index (κ3) is 3.67. The molecule has 1 aromatic rings. The summed E-state index contributed by atoms with van der Waals surface area (Å²) >= 11 is 1.57. The van der Waals surface area contributed by atoms with Gasteiger partial charge < -0.3 is 10.4 Å². The molecule has 0 saturated carbocycles. The van der Waals surface area contributed by atoms with Crippen molar-refractivity contribution >= 4 is 23.4 Å². The van der Waals surface area contributed by atoms with Crippen LogP contribution in [0.3, 0.4) is 0 Å². The maximum atomic E-state index is 11.4. The van der Waals surface area contributed by atoms with Crippen molar-refractivity contribution in [3.05, 3.63) is 23.8 Å². The maximum Gasteiger partial charge on any atom is 0.338 e. The minimum atomic E-state index is -0.861. The maximum absolute atomic E-state index is 11.4. The Morgan fingerprint density at radius 3 is 2.50 bits per heavy atom. The highest BCUT2D eigenvalue weighted by Gasteiger charge is 2.16. The van der Waals surface area contributed by atoms with E-state index in [1.54, 1.807) is 11.8 Å². The Morgan fingerprint density at radius 1 is 1.33 bits per heavy atom. The molecule has 1 rings (SSSR count). The van der Waals surface area contributed by atoms with E-state index in [9.17, 15) is 9.90 Å². The lowest BCUT2D eigenvalue weighted by Gasteiger charge is -2.19. The first-order chi connectivity index (χ1) is 8.63. The highest BCUT2D eigenvalue weighted by Crippen LogP contribution is 2.29. The molecule has 100 valence electrons. The first kappa shape index (κ1) is 14.9. The molecule has 1 aromatic carbocycles. The van der Waals surface area contributed by atoms with Crippen LogP contribution in [0.5, 0.6) is 0 Å². The number of carboxylic acid groups (broad SMARTS) is 1. The molecule has 0 aliphatic rings. The number of benzene rings is 1. The smallest absolute Gasteiger partial charge is 0.338 e. The van der Waals surface area contributed by atoms with E-state index < -0.39 is 5.97 Å². The molecule has 0 unspecified atom stereocenters.